The lowest BCUT2D eigenvalue weighted by Gasteiger charge is -2.36. The van der Waals surface area contributed by atoms with Crippen molar-refractivity contribution in [1.29, 1.82) is 0 Å². The lowest BCUT2D eigenvalue weighted by Crippen LogP contribution is -2.42. The van der Waals surface area contributed by atoms with E-state index < -0.39 is 0 Å². The molecule has 1 aromatic rings. The van der Waals surface area contributed by atoms with Crippen LogP contribution in [0.15, 0.2) is 12.1 Å². The van der Waals surface area contributed by atoms with Crippen LogP contribution in [0.4, 0.5) is 5.00 Å². The summed E-state index contributed by atoms with van der Waals surface area (Å²) in [6.07, 6.45) is 0.971. The Morgan fingerprint density at radius 1 is 1.50 bits per heavy atom. The number of rotatable bonds is 4. The van der Waals surface area contributed by atoms with Crippen LogP contribution in [0.5, 0.6) is 0 Å². The van der Waals surface area contributed by atoms with Gasteiger partial charge >= 0.3 is 0 Å². The number of hydrogen-bond donors (Lipinski definition) is 1. The average molecular weight is 233 g/mol. The smallest absolute Gasteiger partial charge is 0.0950 e. The first-order valence-corrected chi connectivity index (χ1v) is 5.86. The van der Waals surface area contributed by atoms with Crippen molar-refractivity contribution in [3.63, 3.8) is 0 Å². The lowest BCUT2D eigenvalue weighted by atomic mass is 9.99. The lowest BCUT2D eigenvalue weighted by molar-refractivity contribution is 0.458. The van der Waals surface area contributed by atoms with Crippen molar-refractivity contribution in [3.8, 4) is 0 Å². The van der Waals surface area contributed by atoms with Gasteiger partial charge < -0.3 is 10.6 Å². The summed E-state index contributed by atoms with van der Waals surface area (Å²) in [5.41, 5.74) is 5.67. The highest BCUT2D eigenvalue weighted by Crippen LogP contribution is 2.33. The van der Waals surface area contributed by atoms with Gasteiger partial charge in [-0.25, -0.2) is 0 Å². The van der Waals surface area contributed by atoms with Gasteiger partial charge in [-0.1, -0.05) is 11.6 Å². The minimum absolute atomic E-state index is 0.0862. The summed E-state index contributed by atoms with van der Waals surface area (Å²) in [6, 6.07) is 3.97. The molecule has 2 nitrogen and oxygen atoms in total. The van der Waals surface area contributed by atoms with Crippen LogP contribution >= 0.6 is 22.9 Å². The van der Waals surface area contributed by atoms with E-state index in [1.165, 1.54) is 5.00 Å². The van der Waals surface area contributed by atoms with Crippen molar-refractivity contribution in [2.24, 2.45) is 5.73 Å². The summed E-state index contributed by atoms with van der Waals surface area (Å²) in [6.45, 7) is 5.08. The molecule has 0 atom stereocenters. The number of anilines is 1. The van der Waals surface area contributed by atoms with Crippen LogP contribution in [-0.4, -0.2) is 19.1 Å². The molecule has 0 bridgehead atoms. The third-order valence-corrected chi connectivity index (χ3v) is 3.86. The topological polar surface area (TPSA) is 29.3 Å². The first kappa shape index (κ1) is 11.8. The molecule has 0 unspecified atom stereocenters. The Hall–Kier alpha value is -0.250. The average Bonchev–Trinajstić information content (AvgIpc) is 2.50. The van der Waals surface area contributed by atoms with Gasteiger partial charge in [0.1, 0.15) is 0 Å². The highest BCUT2D eigenvalue weighted by atomic mass is 35.5. The minimum Gasteiger partial charge on any atom is -0.361 e. The standard InChI is InChI=1S/C10H17ClN2S/c1-10(2,6-7-12)13(3)9-5-4-8(11)14-9/h4-5H,6-7,12H2,1-3H3. The molecule has 14 heavy (non-hydrogen) atoms. The van der Waals surface area contributed by atoms with Gasteiger partial charge in [-0.15, -0.1) is 11.3 Å². The molecule has 4 heteroatoms. The van der Waals surface area contributed by atoms with Crippen molar-refractivity contribution >= 4 is 27.9 Å². The molecule has 0 aliphatic heterocycles. The predicted octanol–water partition coefficient (Wildman–Crippen LogP) is 2.97. The first-order chi connectivity index (χ1) is 6.47. The third-order valence-electron chi connectivity index (χ3n) is 2.55. The monoisotopic (exact) mass is 232 g/mol. The van der Waals surface area contributed by atoms with E-state index >= 15 is 0 Å². The van der Waals surface area contributed by atoms with Gasteiger partial charge in [0.25, 0.3) is 0 Å². The van der Waals surface area contributed by atoms with E-state index in [2.05, 4.69) is 25.8 Å². The maximum Gasteiger partial charge on any atom is 0.0950 e. The maximum absolute atomic E-state index is 5.90. The Morgan fingerprint density at radius 3 is 2.57 bits per heavy atom. The Labute approximate surface area is 94.7 Å². The van der Waals surface area contributed by atoms with Crippen LogP contribution in [0.2, 0.25) is 4.34 Å². The molecule has 0 fully saturated rings. The molecular weight excluding hydrogens is 216 g/mol. The van der Waals surface area contributed by atoms with E-state index in [4.69, 9.17) is 17.3 Å². The Morgan fingerprint density at radius 2 is 2.14 bits per heavy atom. The van der Waals surface area contributed by atoms with Gasteiger partial charge in [-0.2, -0.15) is 0 Å². The van der Waals surface area contributed by atoms with Crippen molar-refractivity contribution in [1.82, 2.24) is 0 Å². The van der Waals surface area contributed by atoms with Crippen LogP contribution < -0.4 is 10.6 Å². The van der Waals surface area contributed by atoms with E-state index in [-0.39, 0.29) is 5.54 Å². The second-order valence-electron chi connectivity index (χ2n) is 3.99. The summed E-state index contributed by atoms with van der Waals surface area (Å²) in [5, 5.41) is 1.19. The highest BCUT2D eigenvalue weighted by molar-refractivity contribution is 7.19. The van der Waals surface area contributed by atoms with E-state index in [0.29, 0.717) is 6.54 Å². The van der Waals surface area contributed by atoms with E-state index in [1.54, 1.807) is 11.3 Å². The van der Waals surface area contributed by atoms with Gasteiger partial charge in [0.2, 0.25) is 0 Å². The number of nitrogens with two attached hydrogens (primary N) is 1. The summed E-state index contributed by atoms with van der Waals surface area (Å²) in [4.78, 5) is 2.23. The van der Waals surface area contributed by atoms with Crippen LogP contribution in [0.25, 0.3) is 0 Å². The molecule has 1 heterocycles. The Balaban J connectivity index is 2.78. The molecule has 0 saturated heterocycles. The molecule has 0 aliphatic rings. The summed E-state index contributed by atoms with van der Waals surface area (Å²) < 4.78 is 0.829. The Kier molecular flexibility index (Phi) is 3.81. The Bertz CT molecular complexity index is 296. The molecule has 1 rings (SSSR count). The van der Waals surface area contributed by atoms with Crippen LogP contribution in [-0.2, 0) is 0 Å². The van der Waals surface area contributed by atoms with Gasteiger partial charge in [-0.05, 0) is 38.9 Å². The van der Waals surface area contributed by atoms with Crippen LogP contribution in [0.3, 0.4) is 0 Å². The molecule has 0 amide bonds. The van der Waals surface area contributed by atoms with Crippen molar-refractivity contribution in [3.05, 3.63) is 16.5 Å². The largest absolute Gasteiger partial charge is 0.361 e. The number of halogens is 1. The molecule has 2 N–H and O–H groups in total. The molecular formula is C10H17ClN2S. The van der Waals surface area contributed by atoms with Gasteiger partial charge in [0.15, 0.2) is 0 Å². The number of nitrogens with zero attached hydrogens (tertiary/aromatic N) is 1. The first-order valence-electron chi connectivity index (χ1n) is 4.66. The fourth-order valence-corrected chi connectivity index (χ4v) is 2.46. The molecule has 0 saturated carbocycles. The second-order valence-corrected chi connectivity index (χ2v) is 5.68. The fraction of sp³-hybridized carbons (Fsp3) is 0.600. The molecule has 0 aliphatic carbocycles. The van der Waals surface area contributed by atoms with Crippen molar-refractivity contribution in [2.75, 3.05) is 18.5 Å². The van der Waals surface area contributed by atoms with Gasteiger partial charge in [-0.3, -0.25) is 0 Å². The molecule has 0 aromatic carbocycles. The fourth-order valence-electron chi connectivity index (χ4n) is 1.30. The molecule has 80 valence electrons. The minimum atomic E-state index is 0.0862. The number of thiophene rings is 1. The summed E-state index contributed by atoms with van der Waals surface area (Å²) in [7, 11) is 2.08. The highest BCUT2D eigenvalue weighted by Gasteiger charge is 2.23. The van der Waals surface area contributed by atoms with Crippen molar-refractivity contribution in [2.45, 2.75) is 25.8 Å². The SMILES string of the molecule is CN(c1ccc(Cl)s1)C(C)(C)CCN. The maximum atomic E-state index is 5.90. The summed E-state index contributed by atoms with van der Waals surface area (Å²) in [5.74, 6) is 0. The predicted molar refractivity (Wildman–Crippen MR) is 65.5 cm³/mol. The van der Waals surface area contributed by atoms with Crippen LogP contribution in [0.1, 0.15) is 20.3 Å². The van der Waals surface area contributed by atoms with Gasteiger partial charge in [0.05, 0.1) is 9.34 Å². The molecule has 0 spiro atoms. The number of hydrogen-bond acceptors (Lipinski definition) is 3. The zero-order valence-electron chi connectivity index (χ0n) is 8.88. The third kappa shape index (κ3) is 2.62. The quantitative estimate of drug-likeness (QED) is 0.865. The van der Waals surface area contributed by atoms with E-state index in [0.717, 1.165) is 10.8 Å². The molecule has 1 aromatic heterocycles. The zero-order valence-corrected chi connectivity index (χ0v) is 10.5. The summed E-state index contributed by atoms with van der Waals surface area (Å²) >= 11 is 7.50. The normalized spacial score (nSPS) is 11.8. The second kappa shape index (κ2) is 4.51. The van der Waals surface area contributed by atoms with E-state index in [9.17, 15) is 0 Å². The van der Waals surface area contributed by atoms with Gasteiger partial charge in [0, 0.05) is 12.6 Å². The van der Waals surface area contributed by atoms with Crippen molar-refractivity contribution < 1.29 is 0 Å². The van der Waals surface area contributed by atoms with E-state index in [1.807, 2.05) is 12.1 Å². The molecule has 0 radical (unpaired) electrons. The zero-order chi connectivity index (χ0) is 10.8. The van der Waals surface area contributed by atoms with Crippen LogP contribution in [0, 0.1) is 0 Å².